The molecule has 0 aliphatic heterocycles. The van der Waals surface area contributed by atoms with E-state index >= 15 is 0 Å². The molecule has 6 nitrogen and oxygen atoms in total. The van der Waals surface area contributed by atoms with Gasteiger partial charge in [0.2, 0.25) is 5.76 Å². The van der Waals surface area contributed by atoms with E-state index in [1.807, 2.05) is 18.2 Å². The third kappa shape index (κ3) is 3.72. The van der Waals surface area contributed by atoms with Crippen LogP contribution in [0.15, 0.2) is 57.8 Å². The van der Waals surface area contributed by atoms with Gasteiger partial charge in [0.1, 0.15) is 17.9 Å². The topological polar surface area (TPSA) is 82.8 Å². The number of carbonyl (C=O) groups excluding carboxylic acids is 1. The molecule has 26 heavy (non-hydrogen) atoms. The molecule has 0 saturated heterocycles. The summed E-state index contributed by atoms with van der Waals surface area (Å²) in [6.07, 6.45) is 1.14. The van der Waals surface area contributed by atoms with Crippen molar-refractivity contribution in [2.24, 2.45) is 0 Å². The molecule has 0 spiro atoms. The van der Waals surface area contributed by atoms with Crippen molar-refractivity contribution in [1.82, 2.24) is 0 Å². The molecule has 0 fully saturated rings. The Morgan fingerprint density at radius 3 is 2.42 bits per heavy atom. The van der Waals surface area contributed by atoms with Crippen LogP contribution in [0, 0.1) is 0 Å². The van der Waals surface area contributed by atoms with Crippen LogP contribution in [0.25, 0.3) is 11.0 Å². The molecule has 1 heterocycles. The molecule has 3 rings (SSSR count). The molecular formula is C19H18O6S. The summed E-state index contributed by atoms with van der Waals surface area (Å²) < 4.78 is 39.4. The van der Waals surface area contributed by atoms with Crippen LogP contribution in [-0.2, 0) is 21.2 Å². The molecule has 3 aromatic rings. The highest BCUT2D eigenvalue weighted by molar-refractivity contribution is 7.90. The molecule has 2 aromatic carbocycles. The molecule has 0 unspecified atom stereocenters. The lowest BCUT2D eigenvalue weighted by Gasteiger charge is -2.07. The lowest BCUT2D eigenvalue weighted by Crippen LogP contribution is -2.08. The molecule has 0 N–H and O–H groups in total. The number of hydrogen-bond acceptors (Lipinski definition) is 6. The average Bonchev–Trinajstić information content (AvgIpc) is 2.98. The van der Waals surface area contributed by atoms with Crippen molar-refractivity contribution in [3.8, 4) is 5.75 Å². The fourth-order valence-electron chi connectivity index (χ4n) is 2.54. The third-order valence-electron chi connectivity index (χ3n) is 3.79. The van der Waals surface area contributed by atoms with Crippen molar-refractivity contribution in [2.45, 2.75) is 18.4 Å². The molecule has 1 aromatic heterocycles. The van der Waals surface area contributed by atoms with Gasteiger partial charge in [0, 0.05) is 11.6 Å². The lowest BCUT2D eigenvalue weighted by atomic mass is 10.1. The number of esters is 1. The number of carbonyl (C=O) groups is 1. The Kier molecular flexibility index (Phi) is 4.99. The zero-order valence-corrected chi connectivity index (χ0v) is 15.2. The van der Waals surface area contributed by atoms with E-state index in [2.05, 4.69) is 0 Å². The Balaban J connectivity index is 1.88. The molecule has 0 amide bonds. The first-order valence-corrected chi connectivity index (χ1v) is 9.89. The molecule has 0 saturated carbocycles. The van der Waals surface area contributed by atoms with Crippen LogP contribution in [0.5, 0.6) is 5.75 Å². The van der Waals surface area contributed by atoms with E-state index in [1.54, 1.807) is 25.1 Å². The minimum absolute atomic E-state index is 0.0867. The number of fused-ring (bicyclic) bond motifs is 1. The highest BCUT2D eigenvalue weighted by Crippen LogP contribution is 2.28. The Bertz CT molecular complexity index is 1030. The maximum Gasteiger partial charge on any atom is 0.374 e. The Morgan fingerprint density at radius 2 is 1.77 bits per heavy atom. The third-order valence-corrected chi connectivity index (χ3v) is 4.92. The number of ether oxygens (including phenoxy) is 2. The van der Waals surface area contributed by atoms with E-state index < -0.39 is 15.8 Å². The minimum atomic E-state index is -3.26. The summed E-state index contributed by atoms with van der Waals surface area (Å²) in [7, 11) is -3.26. The first-order chi connectivity index (χ1) is 12.4. The standard InChI is InChI=1S/C19H18O6S/c1-3-23-19(20)18-16(15-6-4-5-7-17(15)25-18)12-24-13-8-10-14(11-9-13)26(2,21)22/h4-11H,3,12H2,1-2H3. The van der Waals surface area contributed by atoms with Gasteiger partial charge < -0.3 is 13.9 Å². The summed E-state index contributed by atoms with van der Waals surface area (Å²) in [5.41, 5.74) is 1.16. The van der Waals surface area contributed by atoms with Crippen LogP contribution < -0.4 is 4.74 Å². The number of benzene rings is 2. The van der Waals surface area contributed by atoms with Gasteiger partial charge in [-0.05, 0) is 37.3 Å². The van der Waals surface area contributed by atoms with E-state index in [9.17, 15) is 13.2 Å². The minimum Gasteiger partial charge on any atom is -0.489 e. The van der Waals surface area contributed by atoms with Gasteiger partial charge in [0.25, 0.3) is 0 Å². The Labute approximate surface area is 151 Å². The molecule has 0 aliphatic carbocycles. The van der Waals surface area contributed by atoms with Crippen molar-refractivity contribution < 1.29 is 27.1 Å². The highest BCUT2D eigenvalue weighted by Gasteiger charge is 2.22. The van der Waals surface area contributed by atoms with Gasteiger partial charge in [0.15, 0.2) is 9.84 Å². The highest BCUT2D eigenvalue weighted by atomic mass is 32.2. The van der Waals surface area contributed by atoms with Gasteiger partial charge in [-0.1, -0.05) is 18.2 Å². The van der Waals surface area contributed by atoms with Crippen LogP contribution in [0.1, 0.15) is 23.0 Å². The number of para-hydroxylation sites is 1. The monoisotopic (exact) mass is 374 g/mol. The second-order valence-corrected chi connectivity index (χ2v) is 7.67. The Hall–Kier alpha value is -2.80. The number of hydrogen-bond donors (Lipinski definition) is 0. The smallest absolute Gasteiger partial charge is 0.374 e. The fraction of sp³-hybridized carbons (Fsp3) is 0.211. The molecular weight excluding hydrogens is 356 g/mol. The van der Waals surface area contributed by atoms with Crippen LogP contribution in [0.3, 0.4) is 0 Å². The van der Waals surface area contributed by atoms with Crippen LogP contribution >= 0.6 is 0 Å². The molecule has 0 atom stereocenters. The maximum absolute atomic E-state index is 12.2. The van der Waals surface area contributed by atoms with Crippen LogP contribution in [0.4, 0.5) is 0 Å². The van der Waals surface area contributed by atoms with Gasteiger partial charge >= 0.3 is 5.97 Å². The summed E-state index contributed by atoms with van der Waals surface area (Å²) >= 11 is 0. The van der Waals surface area contributed by atoms with Gasteiger partial charge in [-0.25, -0.2) is 13.2 Å². The number of sulfone groups is 1. The predicted molar refractivity (Wildman–Crippen MR) is 96.1 cm³/mol. The van der Waals surface area contributed by atoms with Crippen molar-refractivity contribution in [3.63, 3.8) is 0 Å². The van der Waals surface area contributed by atoms with E-state index in [1.165, 1.54) is 12.1 Å². The lowest BCUT2D eigenvalue weighted by molar-refractivity contribution is 0.0488. The maximum atomic E-state index is 12.2. The quantitative estimate of drug-likeness (QED) is 0.613. The average molecular weight is 374 g/mol. The largest absolute Gasteiger partial charge is 0.489 e. The summed E-state index contributed by atoms with van der Waals surface area (Å²) in [6.45, 7) is 2.05. The summed E-state index contributed by atoms with van der Waals surface area (Å²) in [4.78, 5) is 12.4. The van der Waals surface area contributed by atoms with Crippen molar-refractivity contribution in [1.29, 1.82) is 0 Å². The first-order valence-electron chi connectivity index (χ1n) is 8.00. The summed E-state index contributed by atoms with van der Waals surface area (Å²) in [6, 6.07) is 13.4. The predicted octanol–water partition coefficient (Wildman–Crippen LogP) is 3.59. The van der Waals surface area contributed by atoms with Crippen molar-refractivity contribution >= 4 is 26.8 Å². The van der Waals surface area contributed by atoms with Crippen LogP contribution in [-0.4, -0.2) is 27.2 Å². The second kappa shape index (κ2) is 7.21. The SMILES string of the molecule is CCOC(=O)c1oc2ccccc2c1COc1ccc(S(C)(=O)=O)cc1. The Morgan fingerprint density at radius 1 is 1.08 bits per heavy atom. The van der Waals surface area contributed by atoms with E-state index in [4.69, 9.17) is 13.9 Å². The van der Waals surface area contributed by atoms with E-state index in [0.29, 0.717) is 16.9 Å². The molecule has 0 radical (unpaired) electrons. The van der Waals surface area contributed by atoms with E-state index in [0.717, 1.165) is 11.6 Å². The molecule has 7 heteroatoms. The molecule has 0 aliphatic rings. The summed E-state index contributed by atoms with van der Waals surface area (Å²) in [5.74, 6) is 0.0491. The molecule has 0 bridgehead atoms. The van der Waals surface area contributed by atoms with Crippen molar-refractivity contribution in [3.05, 3.63) is 59.9 Å². The van der Waals surface area contributed by atoms with Crippen molar-refractivity contribution in [2.75, 3.05) is 12.9 Å². The van der Waals surface area contributed by atoms with E-state index in [-0.39, 0.29) is 23.9 Å². The zero-order valence-electron chi connectivity index (χ0n) is 14.4. The normalized spacial score (nSPS) is 11.5. The fourth-order valence-corrected chi connectivity index (χ4v) is 3.17. The zero-order chi connectivity index (χ0) is 18.7. The van der Waals surface area contributed by atoms with Gasteiger partial charge in [-0.3, -0.25) is 0 Å². The molecule has 136 valence electrons. The van der Waals surface area contributed by atoms with Crippen LogP contribution in [0.2, 0.25) is 0 Å². The first kappa shape index (κ1) is 18.0. The second-order valence-electron chi connectivity index (χ2n) is 5.66. The summed E-state index contributed by atoms with van der Waals surface area (Å²) in [5, 5.41) is 0.767. The number of furan rings is 1. The van der Waals surface area contributed by atoms with Gasteiger partial charge in [-0.2, -0.15) is 0 Å². The number of rotatable bonds is 6. The van der Waals surface area contributed by atoms with Gasteiger partial charge in [-0.15, -0.1) is 0 Å². The van der Waals surface area contributed by atoms with Gasteiger partial charge in [0.05, 0.1) is 17.1 Å².